The summed E-state index contributed by atoms with van der Waals surface area (Å²) in [4.78, 5) is 0. The van der Waals surface area contributed by atoms with E-state index in [4.69, 9.17) is 9.84 Å². The molecule has 0 saturated heterocycles. The lowest BCUT2D eigenvalue weighted by Gasteiger charge is -2.39. The Morgan fingerprint density at radius 3 is 2.19 bits per heavy atom. The van der Waals surface area contributed by atoms with E-state index in [-0.39, 0.29) is 24.7 Å². The zero-order valence-electron chi connectivity index (χ0n) is 19.8. The number of rotatable bonds is 8. The summed E-state index contributed by atoms with van der Waals surface area (Å²) >= 11 is 0. The number of aliphatic hydroxyl groups excluding tert-OH is 4. The van der Waals surface area contributed by atoms with E-state index in [1.807, 2.05) is 30.7 Å². The largest absolute Gasteiger partial charge is 0.491 e. The molecule has 2 aromatic rings. The second-order valence-corrected chi connectivity index (χ2v) is 9.65. The molecular weight excluding hydrogens is 408 g/mol. The van der Waals surface area contributed by atoms with E-state index in [0.717, 1.165) is 28.3 Å². The lowest BCUT2D eigenvalue weighted by Crippen LogP contribution is -2.52. The van der Waals surface area contributed by atoms with Gasteiger partial charge < -0.3 is 25.2 Å². The second kappa shape index (κ2) is 10.3. The molecule has 1 aromatic heterocycles. The van der Waals surface area contributed by atoms with E-state index in [2.05, 4.69) is 32.9 Å². The van der Waals surface area contributed by atoms with Crippen molar-refractivity contribution >= 4 is 0 Å². The van der Waals surface area contributed by atoms with E-state index in [9.17, 15) is 20.4 Å². The van der Waals surface area contributed by atoms with Gasteiger partial charge in [0.15, 0.2) is 0 Å². The molecule has 1 aliphatic carbocycles. The molecule has 178 valence electrons. The smallest absolute Gasteiger partial charge is 0.119 e. The van der Waals surface area contributed by atoms with Crippen LogP contribution in [0.5, 0.6) is 5.75 Å². The Kier molecular flexibility index (Phi) is 7.98. The second-order valence-electron chi connectivity index (χ2n) is 9.65. The van der Waals surface area contributed by atoms with Gasteiger partial charge in [0, 0.05) is 36.2 Å². The van der Waals surface area contributed by atoms with Crippen LogP contribution in [0.2, 0.25) is 0 Å². The Morgan fingerprint density at radius 1 is 1.00 bits per heavy atom. The molecule has 1 aliphatic rings. The molecule has 0 aliphatic heterocycles. The molecule has 0 bridgehead atoms. The highest BCUT2D eigenvalue weighted by molar-refractivity contribution is 5.36. The molecular formula is C25H38N2O5. The molecule has 0 spiro atoms. The first-order chi connectivity index (χ1) is 15.1. The van der Waals surface area contributed by atoms with Crippen molar-refractivity contribution in [2.24, 2.45) is 11.8 Å². The minimum absolute atomic E-state index is 0.123. The molecule has 1 aromatic carbocycles. The van der Waals surface area contributed by atoms with Gasteiger partial charge in [-0.25, -0.2) is 0 Å². The predicted octanol–water partition coefficient (Wildman–Crippen LogP) is 2.40. The van der Waals surface area contributed by atoms with E-state index in [0.29, 0.717) is 19.3 Å². The predicted molar refractivity (Wildman–Crippen MR) is 123 cm³/mol. The van der Waals surface area contributed by atoms with Gasteiger partial charge in [-0.05, 0) is 71.1 Å². The van der Waals surface area contributed by atoms with E-state index < -0.39 is 24.2 Å². The van der Waals surface area contributed by atoms with Crippen LogP contribution in [0.3, 0.4) is 0 Å². The lowest BCUT2D eigenvalue weighted by molar-refractivity contribution is -0.141. The first-order valence-corrected chi connectivity index (χ1v) is 11.6. The zero-order valence-corrected chi connectivity index (χ0v) is 19.8. The van der Waals surface area contributed by atoms with Gasteiger partial charge in [-0.2, -0.15) is 5.10 Å². The number of hydrogen-bond donors (Lipinski definition) is 4. The number of aromatic nitrogens is 2. The Labute approximate surface area is 190 Å². The normalized spacial score (nSPS) is 26.2. The van der Waals surface area contributed by atoms with Crippen molar-refractivity contribution in [3.8, 4) is 5.75 Å². The van der Waals surface area contributed by atoms with Crippen molar-refractivity contribution in [1.29, 1.82) is 0 Å². The highest BCUT2D eigenvalue weighted by Gasteiger charge is 2.42. The van der Waals surface area contributed by atoms with E-state index >= 15 is 0 Å². The molecule has 4 N–H and O–H groups in total. The monoisotopic (exact) mass is 446 g/mol. The van der Waals surface area contributed by atoms with Crippen LogP contribution in [0.4, 0.5) is 0 Å². The minimum atomic E-state index is -1.27. The zero-order chi connectivity index (χ0) is 23.6. The number of benzene rings is 1. The molecule has 1 saturated carbocycles. The van der Waals surface area contributed by atoms with Gasteiger partial charge in [-0.3, -0.25) is 4.68 Å². The van der Waals surface area contributed by atoms with Gasteiger partial charge >= 0.3 is 0 Å². The molecule has 0 amide bonds. The van der Waals surface area contributed by atoms with Crippen LogP contribution in [-0.4, -0.2) is 61.2 Å². The van der Waals surface area contributed by atoms with Crippen LogP contribution in [0, 0.1) is 18.8 Å². The third-order valence-electron chi connectivity index (χ3n) is 6.48. The summed E-state index contributed by atoms with van der Waals surface area (Å²) in [5.74, 6) is 0.0937. The summed E-state index contributed by atoms with van der Waals surface area (Å²) < 4.78 is 7.75. The number of hydrogen-bond acceptors (Lipinski definition) is 6. The van der Waals surface area contributed by atoms with Crippen LogP contribution in [-0.2, 0) is 12.8 Å². The maximum atomic E-state index is 10.6. The molecule has 7 nitrogen and oxygen atoms in total. The summed E-state index contributed by atoms with van der Waals surface area (Å²) in [6, 6.07) is 8.27. The SMILES string of the molecule is Cc1c(Cc2ccc(OC(C)C)cc2)c(C[C@@H]2C[C@H](CO)[C@@H](O)[C@H](O)[C@H]2O)nn1C(C)C. The molecule has 1 fully saturated rings. The van der Waals surface area contributed by atoms with Crippen molar-refractivity contribution in [2.45, 2.75) is 84.3 Å². The Morgan fingerprint density at radius 2 is 1.62 bits per heavy atom. The van der Waals surface area contributed by atoms with Crippen molar-refractivity contribution in [2.75, 3.05) is 6.61 Å². The lowest BCUT2D eigenvalue weighted by atomic mass is 9.74. The van der Waals surface area contributed by atoms with Crippen molar-refractivity contribution in [1.82, 2.24) is 9.78 Å². The maximum Gasteiger partial charge on any atom is 0.119 e. The average Bonchev–Trinajstić information content (AvgIpc) is 3.05. The van der Waals surface area contributed by atoms with Crippen molar-refractivity contribution in [3.63, 3.8) is 0 Å². The summed E-state index contributed by atoms with van der Waals surface area (Å²) in [5, 5.41) is 45.5. The van der Waals surface area contributed by atoms with Gasteiger partial charge in [0.2, 0.25) is 0 Å². The Bertz CT molecular complexity index is 875. The van der Waals surface area contributed by atoms with Gasteiger partial charge in [-0.15, -0.1) is 0 Å². The number of aliphatic hydroxyl groups is 4. The topological polar surface area (TPSA) is 108 Å². The molecule has 5 atom stereocenters. The molecule has 0 unspecified atom stereocenters. The quantitative estimate of drug-likeness (QED) is 0.496. The van der Waals surface area contributed by atoms with Crippen molar-refractivity contribution in [3.05, 3.63) is 46.8 Å². The molecule has 3 rings (SSSR count). The molecule has 7 heteroatoms. The standard InChI is InChI=1S/C25H38N2O5/c1-14(2)27-16(5)21(10-17-6-8-20(9-7-17)32-15(3)4)22(26-27)12-18-11-19(13-28)24(30)25(31)23(18)29/h6-9,14-15,18-19,23-25,28-31H,10-13H2,1-5H3/t18-,19+,23-,24+,25+/m0/s1. The number of ether oxygens (including phenoxy) is 1. The van der Waals surface area contributed by atoms with Gasteiger partial charge in [-0.1, -0.05) is 12.1 Å². The van der Waals surface area contributed by atoms with Crippen LogP contribution in [0.1, 0.15) is 62.7 Å². The first-order valence-electron chi connectivity index (χ1n) is 11.6. The van der Waals surface area contributed by atoms with Crippen molar-refractivity contribution < 1.29 is 25.2 Å². The van der Waals surface area contributed by atoms with E-state index in [1.165, 1.54) is 0 Å². The highest BCUT2D eigenvalue weighted by atomic mass is 16.5. The van der Waals surface area contributed by atoms with Gasteiger partial charge in [0.25, 0.3) is 0 Å². The molecule has 1 heterocycles. The minimum Gasteiger partial charge on any atom is -0.491 e. The summed E-state index contributed by atoms with van der Waals surface area (Å²) in [6.07, 6.45) is -1.71. The van der Waals surface area contributed by atoms with Crippen LogP contribution in [0.15, 0.2) is 24.3 Å². The van der Waals surface area contributed by atoms with Crippen LogP contribution < -0.4 is 4.74 Å². The molecule has 32 heavy (non-hydrogen) atoms. The molecule has 0 radical (unpaired) electrons. The fourth-order valence-electron chi connectivity index (χ4n) is 4.73. The Balaban J connectivity index is 1.87. The highest BCUT2D eigenvalue weighted by Crippen LogP contribution is 2.34. The van der Waals surface area contributed by atoms with E-state index in [1.54, 1.807) is 0 Å². The summed E-state index contributed by atoms with van der Waals surface area (Å²) in [5.41, 5.74) is 4.23. The summed E-state index contributed by atoms with van der Waals surface area (Å²) in [6.45, 7) is 10.0. The Hall–Kier alpha value is -1.93. The fourth-order valence-corrected chi connectivity index (χ4v) is 4.73. The average molecular weight is 447 g/mol. The third-order valence-corrected chi connectivity index (χ3v) is 6.48. The van der Waals surface area contributed by atoms with Gasteiger partial charge in [0.05, 0.1) is 24.0 Å². The first kappa shape index (κ1) is 24.7. The van der Waals surface area contributed by atoms with Gasteiger partial charge in [0.1, 0.15) is 11.9 Å². The number of nitrogens with zero attached hydrogens (tertiary/aromatic N) is 2. The van der Waals surface area contributed by atoms with Crippen LogP contribution >= 0.6 is 0 Å². The summed E-state index contributed by atoms with van der Waals surface area (Å²) in [7, 11) is 0. The third kappa shape index (κ3) is 5.34. The van der Waals surface area contributed by atoms with Crippen LogP contribution in [0.25, 0.3) is 0 Å². The fraction of sp³-hybridized carbons (Fsp3) is 0.640. The maximum absolute atomic E-state index is 10.6.